The van der Waals surface area contributed by atoms with Gasteiger partial charge in [0.2, 0.25) is 0 Å². The Balaban J connectivity index is 2.95. The van der Waals surface area contributed by atoms with Crippen molar-refractivity contribution in [1.82, 2.24) is 9.78 Å². The van der Waals surface area contributed by atoms with E-state index >= 15 is 0 Å². The normalized spacial score (nSPS) is 13.2. The molecule has 0 aliphatic rings. The molecule has 0 aromatic carbocycles. The quantitative estimate of drug-likeness (QED) is 0.788. The molecule has 1 atom stereocenters. The third-order valence-corrected chi connectivity index (χ3v) is 3.41. The standard InChI is InChI=1S/C15H29N3O/c1-6-12(16)15-13(7-2)17-18(14(15)8-3)9-10-19-11(4)5/h11-12H,6-10,16H2,1-5H3. The zero-order valence-corrected chi connectivity index (χ0v) is 13.1. The van der Waals surface area contributed by atoms with Crippen molar-refractivity contribution < 1.29 is 4.74 Å². The van der Waals surface area contributed by atoms with E-state index in [0.29, 0.717) is 6.61 Å². The van der Waals surface area contributed by atoms with Gasteiger partial charge in [0, 0.05) is 17.3 Å². The fourth-order valence-corrected chi connectivity index (χ4v) is 2.39. The fourth-order valence-electron chi connectivity index (χ4n) is 2.39. The largest absolute Gasteiger partial charge is 0.377 e. The minimum absolute atomic E-state index is 0.102. The molecular weight excluding hydrogens is 238 g/mol. The highest BCUT2D eigenvalue weighted by molar-refractivity contribution is 5.30. The van der Waals surface area contributed by atoms with Gasteiger partial charge in [-0.25, -0.2) is 0 Å². The number of hydrogen-bond acceptors (Lipinski definition) is 3. The van der Waals surface area contributed by atoms with Crippen molar-refractivity contribution in [2.75, 3.05) is 6.61 Å². The zero-order valence-electron chi connectivity index (χ0n) is 13.1. The average molecular weight is 267 g/mol. The summed E-state index contributed by atoms with van der Waals surface area (Å²) < 4.78 is 7.71. The van der Waals surface area contributed by atoms with Gasteiger partial charge in [-0.15, -0.1) is 0 Å². The number of nitrogens with zero attached hydrogens (tertiary/aromatic N) is 2. The number of hydrogen-bond donors (Lipinski definition) is 1. The van der Waals surface area contributed by atoms with Gasteiger partial charge in [0.05, 0.1) is 24.9 Å². The summed E-state index contributed by atoms with van der Waals surface area (Å²) in [5, 5.41) is 4.72. The molecule has 0 amide bonds. The lowest BCUT2D eigenvalue weighted by molar-refractivity contribution is 0.0705. The summed E-state index contributed by atoms with van der Waals surface area (Å²) in [4.78, 5) is 0. The SMILES string of the molecule is CCc1nn(CCOC(C)C)c(CC)c1C(N)CC. The van der Waals surface area contributed by atoms with Crippen LogP contribution < -0.4 is 5.73 Å². The number of rotatable bonds is 8. The van der Waals surface area contributed by atoms with Crippen LogP contribution >= 0.6 is 0 Å². The summed E-state index contributed by atoms with van der Waals surface area (Å²) in [6.45, 7) is 12.1. The van der Waals surface area contributed by atoms with Crippen molar-refractivity contribution in [2.24, 2.45) is 5.73 Å². The molecule has 0 spiro atoms. The van der Waals surface area contributed by atoms with Crippen LogP contribution in [0.1, 0.15) is 64.0 Å². The molecule has 0 aliphatic heterocycles. The number of nitrogens with two attached hydrogens (primary N) is 1. The molecule has 1 rings (SSSR count). The topological polar surface area (TPSA) is 53.1 Å². The molecule has 0 saturated carbocycles. The van der Waals surface area contributed by atoms with Crippen LogP contribution in [0, 0.1) is 0 Å². The molecule has 1 aromatic rings. The van der Waals surface area contributed by atoms with Gasteiger partial charge in [0.1, 0.15) is 0 Å². The summed E-state index contributed by atoms with van der Waals surface area (Å²) in [6.07, 6.45) is 3.13. The van der Waals surface area contributed by atoms with E-state index in [-0.39, 0.29) is 12.1 Å². The molecule has 1 aromatic heterocycles. The first-order valence-electron chi connectivity index (χ1n) is 7.50. The average Bonchev–Trinajstić information content (AvgIpc) is 2.75. The van der Waals surface area contributed by atoms with E-state index in [9.17, 15) is 0 Å². The number of aryl methyl sites for hydroxylation is 1. The predicted molar refractivity (Wildman–Crippen MR) is 79.3 cm³/mol. The minimum atomic E-state index is 0.102. The van der Waals surface area contributed by atoms with Crippen molar-refractivity contribution in [3.63, 3.8) is 0 Å². The summed E-state index contributed by atoms with van der Waals surface area (Å²) >= 11 is 0. The van der Waals surface area contributed by atoms with Crippen LogP contribution in [0.25, 0.3) is 0 Å². The second-order valence-corrected chi connectivity index (χ2v) is 5.17. The first-order valence-corrected chi connectivity index (χ1v) is 7.50. The highest BCUT2D eigenvalue weighted by Crippen LogP contribution is 2.24. The molecular formula is C15H29N3O. The van der Waals surface area contributed by atoms with E-state index in [4.69, 9.17) is 15.6 Å². The van der Waals surface area contributed by atoms with Crippen molar-refractivity contribution in [3.8, 4) is 0 Å². The van der Waals surface area contributed by atoms with Gasteiger partial charge in [-0.1, -0.05) is 20.8 Å². The van der Waals surface area contributed by atoms with Crippen LogP contribution in [-0.4, -0.2) is 22.5 Å². The van der Waals surface area contributed by atoms with Crippen LogP contribution in [0.5, 0.6) is 0 Å². The molecule has 1 unspecified atom stereocenters. The van der Waals surface area contributed by atoms with Gasteiger partial charge in [-0.05, 0) is 33.1 Å². The smallest absolute Gasteiger partial charge is 0.0672 e. The third-order valence-electron chi connectivity index (χ3n) is 3.41. The minimum Gasteiger partial charge on any atom is -0.377 e. The van der Waals surface area contributed by atoms with E-state index in [1.807, 2.05) is 0 Å². The van der Waals surface area contributed by atoms with Crippen LogP contribution in [-0.2, 0) is 24.1 Å². The van der Waals surface area contributed by atoms with Crippen molar-refractivity contribution in [2.45, 2.75) is 72.6 Å². The van der Waals surface area contributed by atoms with Crippen molar-refractivity contribution in [3.05, 3.63) is 17.0 Å². The Labute approximate surface area is 117 Å². The summed E-state index contributed by atoms with van der Waals surface area (Å²) in [6, 6.07) is 0.102. The molecule has 4 nitrogen and oxygen atoms in total. The van der Waals surface area contributed by atoms with Crippen LogP contribution in [0.4, 0.5) is 0 Å². The maximum Gasteiger partial charge on any atom is 0.0672 e. The van der Waals surface area contributed by atoms with Gasteiger partial charge in [-0.3, -0.25) is 4.68 Å². The molecule has 0 radical (unpaired) electrons. The van der Waals surface area contributed by atoms with Gasteiger partial charge in [0.15, 0.2) is 0 Å². The zero-order chi connectivity index (χ0) is 14.4. The molecule has 1 heterocycles. The van der Waals surface area contributed by atoms with E-state index in [0.717, 1.165) is 31.5 Å². The molecule has 4 heteroatoms. The van der Waals surface area contributed by atoms with Gasteiger partial charge >= 0.3 is 0 Å². The van der Waals surface area contributed by atoms with E-state index in [1.165, 1.54) is 11.3 Å². The van der Waals surface area contributed by atoms with Crippen molar-refractivity contribution in [1.29, 1.82) is 0 Å². The lowest BCUT2D eigenvalue weighted by Gasteiger charge is -2.13. The maximum atomic E-state index is 6.25. The van der Waals surface area contributed by atoms with Gasteiger partial charge in [0.25, 0.3) is 0 Å². The van der Waals surface area contributed by atoms with Gasteiger partial charge in [-0.2, -0.15) is 5.10 Å². The molecule has 0 bridgehead atoms. The van der Waals surface area contributed by atoms with E-state index in [2.05, 4.69) is 39.3 Å². The summed E-state index contributed by atoms with van der Waals surface area (Å²) in [5.41, 5.74) is 9.94. The highest BCUT2D eigenvalue weighted by atomic mass is 16.5. The Morgan fingerprint density at radius 1 is 1.21 bits per heavy atom. The molecule has 19 heavy (non-hydrogen) atoms. The predicted octanol–water partition coefficient (Wildman–Crippen LogP) is 2.84. The molecule has 0 aliphatic carbocycles. The maximum absolute atomic E-state index is 6.25. The highest BCUT2D eigenvalue weighted by Gasteiger charge is 2.19. The Bertz CT molecular complexity index is 385. The van der Waals surface area contributed by atoms with Crippen LogP contribution in [0.3, 0.4) is 0 Å². The third kappa shape index (κ3) is 4.05. The Morgan fingerprint density at radius 3 is 2.37 bits per heavy atom. The summed E-state index contributed by atoms with van der Waals surface area (Å²) in [7, 11) is 0. The lowest BCUT2D eigenvalue weighted by atomic mass is 10.00. The van der Waals surface area contributed by atoms with E-state index in [1.54, 1.807) is 0 Å². The summed E-state index contributed by atoms with van der Waals surface area (Å²) in [5.74, 6) is 0. The Morgan fingerprint density at radius 2 is 1.89 bits per heavy atom. The molecule has 2 N–H and O–H groups in total. The fraction of sp³-hybridized carbons (Fsp3) is 0.800. The van der Waals surface area contributed by atoms with Crippen molar-refractivity contribution >= 4 is 0 Å². The van der Waals surface area contributed by atoms with Gasteiger partial charge < -0.3 is 10.5 Å². The second kappa shape index (κ2) is 7.65. The monoisotopic (exact) mass is 267 g/mol. The van der Waals surface area contributed by atoms with E-state index < -0.39 is 0 Å². The molecule has 110 valence electrons. The molecule has 0 saturated heterocycles. The Kier molecular flexibility index (Phi) is 6.52. The van der Waals surface area contributed by atoms with Crippen LogP contribution in [0.15, 0.2) is 0 Å². The number of ether oxygens (including phenoxy) is 1. The first kappa shape index (κ1) is 16.2. The second-order valence-electron chi connectivity index (χ2n) is 5.17. The lowest BCUT2D eigenvalue weighted by Crippen LogP contribution is -2.15. The molecule has 0 fully saturated rings. The first-order chi connectivity index (χ1) is 9.04. The Hall–Kier alpha value is -0.870. The number of aromatic nitrogens is 2. The van der Waals surface area contributed by atoms with Crippen LogP contribution in [0.2, 0.25) is 0 Å².